The second-order valence-electron chi connectivity index (χ2n) is 4.80. The summed E-state index contributed by atoms with van der Waals surface area (Å²) >= 11 is 0. The Morgan fingerprint density at radius 2 is 1.24 bits per heavy atom. The van der Waals surface area contributed by atoms with Gasteiger partial charge in [-0.15, -0.1) is 0 Å². The molecular formula is C16H12O5. The lowest BCUT2D eigenvalue weighted by Crippen LogP contribution is -2.05. The third-order valence-electron chi connectivity index (χ3n) is 3.52. The van der Waals surface area contributed by atoms with Crippen LogP contribution < -0.4 is 4.74 Å². The average Bonchev–Trinajstić information content (AvgIpc) is 2.65. The lowest BCUT2D eigenvalue weighted by atomic mass is 10.0. The van der Waals surface area contributed by atoms with E-state index in [1.807, 2.05) is 0 Å². The largest absolute Gasteiger partial charge is 0.478 e. The van der Waals surface area contributed by atoms with Crippen molar-refractivity contribution >= 4 is 11.9 Å². The summed E-state index contributed by atoms with van der Waals surface area (Å²) in [5.41, 5.74) is 1.62. The summed E-state index contributed by atoms with van der Waals surface area (Å²) in [4.78, 5) is 22.6. The maximum atomic E-state index is 11.3. The van der Waals surface area contributed by atoms with Gasteiger partial charge in [0.15, 0.2) is 0 Å². The van der Waals surface area contributed by atoms with Crippen LogP contribution in [0.3, 0.4) is 0 Å². The van der Waals surface area contributed by atoms with Crippen LogP contribution in [0.15, 0.2) is 36.4 Å². The minimum Gasteiger partial charge on any atom is -0.478 e. The fraction of sp³-hybridized carbons (Fsp3) is 0.125. The number of carbonyl (C=O) groups is 2. The van der Waals surface area contributed by atoms with Crippen molar-refractivity contribution in [2.24, 2.45) is 0 Å². The van der Waals surface area contributed by atoms with Crippen molar-refractivity contribution in [2.45, 2.75) is 12.8 Å². The van der Waals surface area contributed by atoms with Gasteiger partial charge in [-0.1, -0.05) is 24.3 Å². The van der Waals surface area contributed by atoms with Crippen LogP contribution in [0.2, 0.25) is 0 Å². The number of benzene rings is 2. The molecule has 0 aliphatic carbocycles. The smallest absolute Gasteiger partial charge is 0.339 e. The normalized spacial score (nSPS) is 12.6. The zero-order valence-corrected chi connectivity index (χ0v) is 11.0. The topological polar surface area (TPSA) is 83.8 Å². The Labute approximate surface area is 120 Å². The quantitative estimate of drug-likeness (QED) is 0.885. The van der Waals surface area contributed by atoms with Crippen LogP contribution in [0, 0.1) is 0 Å². The number of hydrogen-bond donors (Lipinski definition) is 2. The second kappa shape index (κ2) is 4.94. The van der Waals surface area contributed by atoms with E-state index in [9.17, 15) is 19.8 Å². The molecule has 21 heavy (non-hydrogen) atoms. The van der Waals surface area contributed by atoms with Gasteiger partial charge in [-0.25, -0.2) is 9.59 Å². The Balaban J connectivity index is 2.20. The molecular weight excluding hydrogens is 272 g/mol. The standard InChI is InChI=1S/C16H12O5/c17-15(18)11-5-1-3-9-7-8-10-4-2-6-12(16(19)20)14(10)21-13(9)11/h1-6H,7-8H2,(H,17,18)(H,19,20). The van der Waals surface area contributed by atoms with Crippen molar-refractivity contribution in [3.05, 3.63) is 58.7 Å². The summed E-state index contributed by atoms with van der Waals surface area (Å²) in [6, 6.07) is 9.84. The lowest BCUT2D eigenvalue weighted by Gasteiger charge is -2.13. The Hall–Kier alpha value is -2.82. The maximum absolute atomic E-state index is 11.3. The highest BCUT2D eigenvalue weighted by atomic mass is 16.5. The molecule has 106 valence electrons. The Bertz CT molecular complexity index is 685. The van der Waals surface area contributed by atoms with Gasteiger partial charge in [0.25, 0.3) is 0 Å². The molecule has 0 spiro atoms. The Morgan fingerprint density at radius 1 is 0.810 bits per heavy atom. The van der Waals surface area contributed by atoms with E-state index in [4.69, 9.17) is 4.74 Å². The molecule has 1 heterocycles. The lowest BCUT2D eigenvalue weighted by molar-refractivity contribution is 0.0687. The van der Waals surface area contributed by atoms with Crippen LogP contribution in [0.25, 0.3) is 0 Å². The van der Waals surface area contributed by atoms with Gasteiger partial charge in [-0.3, -0.25) is 0 Å². The minimum atomic E-state index is -1.09. The molecule has 0 radical (unpaired) electrons. The van der Waals surface area contributed by atoms with E-state index in [2.05, 4.69) is 0 Å². The summed E-state index contributed by atoms with van der Waals surface area (Å²) in [5, 5.41) is 18.5. The van der Waals surface area contributed by atoms with Crippen molar-refractivity contribution in [3.8, 4) is 11.5 Å². The second-order valence-corrected chi connectivity index (χ2v) is 4.80. The first-order valence-corrected chi connectivity index (χ1v) is 6.46. The van der Waals surface area contributed by atoms with Crippen molar-refractivity contribution in [1.29, 1.82) is 0 Å². The summed E-state index contributed by atoms with van der Waals surface area (Å²) < 4.78 is 5.73. The van der Waals surface area contributed by atoms with Gasteiger partial charge in [0.2, 0.25) is 0 Å². The van der Waals surface area contributed by atoms with E-state index in [1.165, 1.54) is 12.1 Å². The van der Waals surface area contributed by atoms with Crippen LogP contribution in [0.4, 0.5) is 0 Å². The molecule has 0 unspecified atom stereocenters. The number of para-hydroxylation sites is 2. The number of hydrogen-bond acceptors (Lipinski definition) is 3. The van der Waals surface area contributed by atoms with Crippen molar-refractivity contribution in [3.63, 3.8) is 0 Å². The van der Waals surface area contributed by atoms with Crippen molar-refractivity contribution < 1.29 is 24.5 Å². The van der Waals surface area contributed by atoms with Gasteiger partial charge in [0.05, 0.1) is 0 Å². The molecule has 0 saturated heterocycles. The summed E-state index contributed by atoms with van der Waals surface area (Å²) in [5.74, 6) is -1.72. The van der Waals surface area contributed by atoms with Crippen LogP contribution in [0.5, 0.6) is 11.5 Å². The van der Waals surface area contributed by atoms with Crippen LogP contribution in [-0.4, -0.2) is 22.2 Å². The van der Waals surface area contributed by atoms with E-state index >= 15 is 0 Å². The zero-order chi connectivity index (χ0) is 15.0. The molecule has 0 atom stereocenters. The molecule has 0 fully saturated rings. The fourth-order valence-corrected chi connectivity index (χ4v) is 2.51. The highest BCUT2D eigenvalue weighted by Gasteiger charge is 2.24. The average molecular weight is 284 g/mol. The predicted molar refractivity (Wildman–Crippen MR) is 74.3 cm³/mol. The molecule has 0 amide bonds. The van der Waals surface area contributed by atoms with Crippen LogP contribution in [-0.2, 0) is 12.8 Å². The highest BCUT2D eigenvalue weighted by Crippen LogP contribution is 2.38. The van der Waals surface area contributed by atoms with Crippen LogP contribution in [0.1, 0.15) is 31.8 Å². The zero-order valence-electron chi connectivity index (χ0n) is 11.0. The predicted octanol–water partition coefficient (Wildman–Crippen LogP) is 2.97. The number of aromatic carboxylic acids is 2. The molecule has 1 aliphatic heterocycles. The van der Waals surface area contributed by atoms with Gasteiger partial charge in [0.1, 0.15) is 22.6 Å². The molecule has 1 aliphatic rings. The first-order chi connectivity index (χ1) is 10.1. The summed E-state index contributed by atoms with van der Waals surface area (Å²) in [6.45, 7) is 0. The van der Waals surface area contributed by atoms with E-state index in [1.54, 1.807) is 24.3 Å². The number of rotatable bonds is 2. The molecule has 2 N–H and O–H groups in total. The molecule has 3 rings (SSSR count). The fourth-order valence-electron chi connectivity index (χ4n) is 2.51. The molecule has 5 heteroatoms. The third kappa shape index (κ3) is 2.23. The van der Waals surface area contributed by atoms with Gasteiger partial charge < -0.3 is 14.9 Å². The van der Waals surface area contributed by atoms with Gasteiger partial charge in [-0.2, -0.15) is 0 Å². The molecule has 0 saturated carbocycles. The van der Waals surface area contributed by atoms with Crippen molar-refractivity contribution in [1.82, 2.24) is 0 Å². The number of carboxylic acid groups (broad SMARTS) is 2. The molecule has 0 bridgehead atoms. The van der Waals surface area contributed by atoms with E-state index in [0.717, 1.165) is 11.1 Å². The van der Waals surface area contributed by atoms with Gasteiger partial charge in [-0.05, 0) is 36.1 Å². The summed E-state index contributed by atoms with van der Waals surface area (Å²) in [7, 11) is 0. The van der Waals surface area contributed by atoms with E-state index in [0.29, 0.717) is 12.8 Å². The number of ether oxygens (including phenoxy) is 1. The number of carboxylic acids is 2. The Kier molecular flexibility index (Phi) is 3.10. The minimum absolute atomic E-state index is 0.0422. The van der Waals surface area contributed by atoms with E-state index < -0.39 is 11.9 Å². The third-order valence-corrected chi connectivity index (χ3v) is 3.52. The van der Waals surface area contributed by atoms with Crippen molar-refractivity contribution in [2.75, 3.05) is 0 Å². The van der Waals surface area contributed by atoms with Gasteiger partial charge in [0, 0.05) is 0 Å². The molecule has 2 aromatic carbocycles. The molecule has 0 aromatic heterocycles. The monoisotopic (exact) mass is 284 g/mol. The maximum Gasteiger partial charge on any atom is 0.339 e. The SMILES string of the molecule is O=C(O)c1cccc2c1Oc1c(cccc1C(=O)O)CC2. The number of aryl methyl sites for hydroxylation is 2. The van der Waals surface area contributed by atoms with E-state index in [-0.39, 0.29) is 22.6 Å². The first kappa shape index (κ1) is 13.2. The molecule has 5 nitrogen and oxygen atoms in total. The summed E-state index contributed by atoms with van der Waals surface area (Å²) in [6.07, 6.45) is 1.21. The van der Waals surface area contributed by atoms with Crippen LogP contribution >= 0.6 is 0 Å². The number of fused-ring (bicyclic) bond motifs is 2. The Morgan fingerprint density at radius 3 is 1.62 bits per heavy atom. The first-order valence-electron chi connectivity index (χ1n) is 6.46. The highest BCUT2D eigenvalue weighted by molar-refractivity contribution is 5.93. The molecule has 2 aromatic rings. The van der Waals surface area contributed by atoms with Gasteiger partial charge >= 0.3 is 11.9 Å².